The van der Waals surface area contributed by atoms with E-state index < -0.39 is 0 Å². The van der Waals surface area contributed by atoms with Gasteiger partial charge in [0, 0.05) is 43.2 Å². The molecule has 2 atom stereocenters. The van der Waals surface area contributed by atoms with Gasteiger partial charge in [0.2, 0.25) is 5.91 Å². The van der Waals surface area contributed by atoms with E-state index in [9.17, 15) is 9.59 Å². The number of aryl methyl sites for hydroxylation is 2. The van der Waals surface area contributed by atoms with E-state index in [-0.39, 0.29) is 23.9 Å². The first-order valence-corrected chi connectivity index (χ1v) is 13.8. The zero-order valence-electron chi connectivity index (χ0n) is 21.4. The summed E-state index contributed by atoms with van der Waals surface area (Å²) < 4.78 is 0. The molecular weight excluding hydrogens is 466 g/mol. The molecule has 0 aliphatic carbocycles. The molecule has 188 valence electrons. The van der Waals surface area contributed by atoms with Gasteiger partial charge in [0.05, 0.1) is 12.1 Å². The quantitative estimate of drug-likeness (QED) is 0.501. The van der Waals surface area contributed by atoms with Gasteiger partial charge in [0.15, 0.2) is 0 Å². The third kappa shape index (κ3) is 4.72. The van der Waals surface area contributed by atoms with Crippen molar-refractivity contribution >= 4 is 23.2 Å². The van der Waals surface area contributed by atoms with Crippen molar-refractivity contribution in [3.8, 4) is 0 Å². The molecule has 2 amide bonds. The Hall–Kier alpha value is -2.96. The minimum Gasteiger partial charge on any atom is -0.340 e. The van der Waals surface area contributed by atoms with Crippen molar-refractivity contribution in [2.75, 3.05) is 32.7 Å². The summed E-state index contributed by atoms with van der Waals surface area (Å²) in [5, 5.41) is 2.18. The average Bonchev–Trinajstić information content (AvgIpc) is 3.24. The van der Waals surface area contributed by atoms with Gasteiger partial charge >= 0.3 is 0 Å². The topological polar surface area (TPSA) is 43.9 Å². The molecule has 0 N–H and O–H groups in total. The molecule has 1 aromatic heterocycles. The van der Waals surface area contributed by atoms with Crippen LogP contribution in [0.1, 0.15) is 56.9 Å². The molecule has 0 bridgehead atoms. The van der Waals surface area contributed by atoms with Crippen LogP contribution in [0.5, 0.6) is 0 Å². The zero-order valence-corrected chi connectivity index (χ0v) is 22.3. The third-order valence-electron chi connectivity index (χ3n) is 7.81. The monoisotopic (exact) mass is 501 g/mol. The first-order chi connectivity index (χ1) is 17.5. The highest BCUT2D eigenvalue weighted by Crippen LogP contribution is 2.40. The maximum atomic E-state index is 13.8. The van der Waals surface area contributed by atoms with Crippen LogP contribution in [0.2, 0.25) is 0 Å². The third-order valence-corrected chi connectivity index (χ3v) is 8.81. The summed E-state index contributed by atoms with van der Waals surface area (Å²) in [6.07, 6.45) is 1.78. The molecule has 3 aromatic rings. The molecule has 2 aliphatic rings. The van der Waals surface area contributed by atoms with E-state index in [0.29, 0.717) is 26.2 Å². The van der Waals surface area contributed by atoms with Gasteiger partial charge in [0.25, 0.3) is 5.91 Å². The number of amides is 2. The van der Waals surface area contributed by atoms with Crippen LogP contribution in [0.25, 0.3) is 0 Å². The number of thiophene rings is 1. The Morgan fingerprint density at radius 1 is 0.833 bits per heavy atom. The van der Waals surface area contributed by atoms with Crippen LogP contribution in [-0.2, 0) is 11.2 Å². The number of carbonyl (C=O) groups excluding carboxylic acids is 2. The first-order valence-electron chi connectivity index (χ1n) is 13.0. The van der Waals surface area contributed by atoms with E-state index in [1.807, 2.05) is 52.3 Å². The number of fused-ring (bicyclic) bond motifs is 1. The summed E-state index contributed by atoms with van der Waals surface area (Å²) in [6.45, 7) is 9.58. The van der Waals surface area contributed by atoms with E-state index in [1.165, 1.54) is 21.6 Å². The van der Waals surface area contributed by atoms with Crippen molar-refractivity contribution in [3.63, 3.8) is 0 Å². The SMILES string of the molecule is Cc1ccccc1C(=O)N1CCCN(C(=O)[C@@H](C)N2CCc3sccc3[C@H]2c2ccccc2C)CC1. The molecule has 2 aliphatic heterocycles. The Bertz CT molecular complexity index is 1250. The fourth-order valence-electron chi connectivity index (χ4n) is 5.72. The molecule has 0 unspecified atom stereocenters. The summed E-state index contributed by atoms with van der Waals surface area (Å²) in [5.41, 5.74) is 5.62. The standard InChI is InChI=1S/C30H35N3O2S/c1-21-9-4-6-11-24(21)28-26-14-20-36-27(26)13-17-33(28)23(3)29(34)31-15-8-16-32(19-18-31)30(35)25-12-7-5-10-22(25)2/h4-7,9-12,14,20,23,28H,8,13,15-19H2,1-3H3/t23-,28-/m1/s1. The normalized spacial score (nSPS) is 19.5. The van der Waals surface area contributed by atoms with Gasteiger partial charge in [-0.05, 0) is 73.4 Å². The van der Waals surface area contributed by atoms with Gasteiger partial charge in [-0.2, -0.15) is 0 Å². The van der Waals surface area contributed by atoms with E-state index in [2.05, 4.69) is 54.5 Å². The molecule has 1 fully saturated rings. The van der Waals surface area contributed by atoms with Crippen molar-refractivity contribution in [1.29, 1.82) is 0 Å². The highest BCUT2D eigenvalue weighted by molar-refractivity contribution is 7.10. The van der Waals surface area contributed by atoms with Crippen LogP contribution in [0.4, 0.5) is 0 Å². The summed E-state index contributed by atoms with van der Waals surface area (Å²) in [4.78, 5) is 34.7. The van der Waals surface area contributed by atoms with E-state index in [4.69, 9.17) is 0 Å². The lowest BCUT2D eigenvalue weighted by Crippen LogP contribution is -2.51. The van der Waals surface area contributed by atoms with Crippen LogP contribution in [0.3, 0.4) is 0 Å². The van der Waals surface area contributed by atoms with Gasteiger partial charge in [0.1, 0.15) is 0 Å². The molecule has 0 radical (unpaired) electrons. The molecule has 1 saturated heterocycles. The lowest BCUT2D eigenvalue weighted by Gasteiger charge is -2.41. The predicted molar refractivity (Wildman–Crippen MR) is 145 cm³/mol. The molecule has 5 nitrogen and oxygen atoms in total. The number of rotatable bonds is 4. The number of carbonyl (C=O) groups is 2. The van der Waals surface area contributed by atoms with Gasteiger partial charge in [-0.25, -0.2) is 0 Å². The van der Waals surface area contributed by atoms with E-state index in [0.717, 1.165) is 30.5 Å². The van der Waals surface area contributed by atoms with Crippen molar-refractivity contribution in [2.24, 2.45) is 0 Å². The van der Waals surface area contributed by atoms with Crippen LogP contribution in [0, 0.1) is 13.8 Å². The summed E-state index contributed by atoms with van der Waals surface area (Å²) >= 11 is 1.83. The Labute approximate surface area is 218 Å². The van der Waals surface area contributed by atoms with E-state index >= 15 is 0 Å². The molecule has 2 aromatic carbocycles. The Morgan fingerprint density at radius 2 is 1.53 bits per heavy atom. The van der Waals surface area contributed by atoms with Crippen LogP contribution in [-0.4, -0.2) is 65.3 Å². The Balaban J connectivity index is 1.33. The molecule has 0 saturated carbocycles. The fraction of sp³-hybridized carbons (Fsp3) is 0.400. The average molecular weight is 502 g/mol. The number of hydrogen-bond donors (Lipinski definition) is 0. The number of nitrogens with zero attached hydrogens (tertiary/aromatic N) is 3. The second-order valence-corrected chi connectivity index (χ2v) is 11.0. The lowest BCUT2D eigenvalue weighted by atomic mass is 9.89. The Morgan fingerprint density at radius 3 is 2.31 bits per heavy atom. The lowest BCUT2D eigenvalue weighted by molar-refractivity contribution is -0.137. The summed E-state index contributed by atoms with van der Waals surface area (Å²) in [7, 11) is 0. The summed E-state index contributed by atoms with van der Waals surface area (Å²) in [6, 6.07) is 18.4. The van der Waals surface area contributed by atoms with Crippen molar-refractivity contribution in [2.45, 2.75) is 45.7 Å². The maximum Gasteiger partial charge on any atom is 0.254 e. The smallest absolute Gasteiger partial charge is 0.254 e. The van der Waals surface area contributed by atoms with Crippen molar-refractivity contribution < 1.29 is 9.59 Å². The first kappa shape index (κ1) is 24.7. The largest absolute Gasteiger partial charge is 0.340 e. The highest BCUT2D eigenvalue weighted by atomic mass is 32.1. The minimum atomic E-state index is -0.235. The Kier molecular flexibility index (Phi) is 7.26. The van der Waals surface area contributed by atoms with Crippen molar-refractivity contribution in [3.05, 3.63) is 92.7 Å². The summed E-state index contributed by atoms with van der Waals surface area (Å²) in [5.74, 6) is 0.230. The molecular formula is C30H35N3O2S. The van der Waals surface area contributed by atoms with Gasteiger partial charge in [-0.3, -0.25) is 14.5 Å². The van der Waals surface area contributed by atoms with E-state index in [1.54, 1.807) is 0 Å². The highest BCUT2D eigenvalue weighted by Gasteiger charge is 2.37. The molecule has 3 heterocycles. The molecule has 0 spiro atoms. The van der Waals surface area contributed by atoms with Gasteiger partial charge in [-0.15, -0.1) is 11.3 Å². The molecule has 36 heavy (non-hydrogen) atoms. The second kappa shape index (κ2) is 10.6. The van der Waals surface area contributed by atoms with Gasteiger partial charge < -0.3 is 9.80 Å². The van der Waals surface area contributed by atoms with Crippen LogP contribution >= 0.6 is 11.3 Å². The van der Waals surface area contributed by atoms with Crippen molar-refractivity contribution in [1.82, 2.24) is 14.7 Å². The number of hydrogen-bond acceptors (Lipinski definition) is 4. The second-order valence-electron chi connectivity index (χ2n) is 10.0. The molecule has 5 rings (SSSR count). The van der Waals surface area contributed by atoms with Gasteiger partial charge in [-0.1, -0.05) is 42.5 Å². The zero-order chi connectivity index (χ0) is 25.2. The number of benzene rings is 2. The minimum absolute atomic E-state index is 0.0658. The predicted octanol–water partition coefficient (Wildman–Crippen LogP) is 5.08. The fourth-order valence-corrected chi connectivity index (χ4v) is 6.63. The maximum absolute atomic E-state index is 13.8. The van der Waals surface area contributed by atoms with Crippen LogP contribution < -0.4 is 0 Å². The molecule has 6 heteroatoms. The van der Waals surface area contributed by atoms with Crippen LogP contribution in [0.15, 0.2) is 60.0 Å².